The number of benzene rings is 3. The van der Waals surface area contributed by atoms with Crippen molar-refractivity contribution in [3.8, 4) is 11.5 Å². The van der Waals surface area contributed by atoms with E-state index in [0.29, 0.717) is 17.1 Å². The van der Waals surface area contributed by atoms with Crippen molar-refractivity contribution in [1.29, 1.82) is 0 Å². The molecule has 1 aliphatic rings. The lowest BCUT2D eigenvalue weighted by Gasteiger charge is -2.15. The van der Waals surface area contributed by atoms with E-state index < -0.39 is 11.8 Å². The van der Waals surface area contributed by atoms with Crippen LogP contribution in [0.4, 0.5) is 17.1 Å². The maximum atomic E-state index is 13.1. The highest BCUT2D eigenvalue weighted by Gasteiger charge is 2.40. The minimum Gasteiger partial charge on any atom is -0.508 e. The molecule has 0 bridgehead atoms. The van der Waals surface area contributed by atoms with Gasteiger partial charge in [-0.2, -0.15) is 0 Å². The zero-order valence-electron chi connectivity index (χ0n) is 15.2. The molecule has 29 heavy (non-hydrogen) atoms. The molecular formula is C22H17N3O4. The van der Waals surface area contributed by atoms with Gasteiger partial charge in [0.1, 0.15) is 22.9 Å². The average Bonchev–Trinajstić information content (AvgIpc) is 2.96. The molecule has 0 atom stereocenters. The Morgan fingerprint density at radius 3 is 1.41 bits per heavy atom. The van der Waals surface area contributed by atoms with E-state index in [0.717, 1.165) is 4.90 Å². The molecule has 0 saturated heterocycles. The Hall–Kier alpha value is -4.26. The number of phenols is 2. The molecule has 3 aromatic carbocycles. The van der Waals surface area contributed by atoms with Crippen LogP contribution in [0.15, 0.2) is 90.3 Å². The first kappa shape index (κ1) is 18.1. The minimum absolute atomic E-state index is 0.0811. The van der Waals surface area contributed by atoms with E-state index in [1.807, 2.05) is 0 Å². The van der Waals surface area contributed by atoms with Crippen molar-refractivity contribution in [2.24, 2.45) is 0 Å². The highest BCUT2D eigenvalue weighted by Crippen LogP contribution is 2.29. The zero-order valence-corrected chi connectivity index (χ0v) is 15.2. The second kappa shape index (κ2) is 7.40. The molecule has 4 N–H and O–H groups in total. The van der Waals surface area contributed by atoms with Crippen LogP contribution in [0.1, 0.15) is 0 Å². The Morgan fingerprint density at radius 2 is 1.00 bits per heavy atom. The second-order valence-electron chi connectivity index (χ2n) is 6.38. The van der Waals surface area contributed by atoms with Crippen LogP contribution in [0.2, 0.25) is 0 Å². The van der Waals surface area contributed by atoms with Gasteiger partial charge in [0, 0.05) is 11.4 Å². The number of amides is 2. The van der Waals surface area contributed by atoms with E-state index in [1.165, 1.54) is 24.3 Å². The summed E-state index contributed by atoms with van der Waals surface area (Å²) in [6, 6.07) is 21.0. The summed E-state index contributed by atoms with van der Waals surface area (Å²) in [5.41, 5.74) is 1.70. The largest absolute Gasteiger partial charge is 0.508 e. The molecule has 0 aliphatic carbocycles. The lowest BCUT2D eigenvalue weighted by molar-refractivity contribution is -0.120. The average molecular weight is 387 g/mol. The first-order valence-corrected chi connectivity index (χ1v) is 8.83. The summed E-state index contributed by atoms with van der Waals surface area (Å²) in [5.74, 6) is -0.829. The SMILES string of the molecule is O=C1C(Nc2ccc(O)cc2)=C(Nc2ccc(O)cc2)C(=O)N1c1ccccc1. The maximum absolute atomic E-state index is 13.1. The number of imide groups is 1. The van der Waals surface area contributed by atoms with E-state index >= 15 is 0 Å². The fraction of sp³-hybridized carbons (Fsp3) is 0. The molecule has 0 unspecified atom stereocenters. The van der Waals surface area contributed by atoms with Crippen molar-refractivity contribution < 1.29 is 19.8 Å². The molecule has 0 fully saturated rings. The number of hydrogen-bond acceptors (Lipinski definition) is 6. The predicted octanol–water partition coefficient (Wildman–Crippen LogP) is 3.41. The lowest BCUT2D eigenvalue weighted by atomic mass is 10.2. The fourth-order valence-corrected chi connectivity index (χ4v) is 2.95. The van der Waals surface area contributed by atoms with Crippen molar-refractivity contribution in [2.45, 2.75) is 0 Å². The van der Waals surface area contributed by atoms with E-state index in [9.17, 15) is 19.8 Å². The topological polar surface area (TPSA) is 102 Å². The third kappa shape index (κ3) is 3.61. The number of anilines is 3. The molecule has 2 amide bonds. The van der Waals surface area contributed by atoms with Crippen LogP contribution in [0, 0.1) is 0 Å². The molecule has 0 radical (unpaired) electrons. The fourth-order valence-electron chi connectivity index (χ4n) is 2.95. The third-order valence-electron chi connectivity index (χ3n) is 4.37. The molecule has 7 nitrogen and oxygen atoms in total. The minimum atomic E-state index is -0.504. The van der Waals surface area contributed by atoms with E-state index in [1.54, 1.807) is 54.6 Å². The van der Waals surface area contributed by atoms with Crippen molar-refractivity contribution in [3.05, 3.63) is 90.3 Å². The van der Waals surface area contributed by atoms with Gasteiger partial charge >= 0.3 is 0 Å². The summed E-state index contributed by atoms with van der Waals surface area (Å²) in [7, 11) is 0. The predicted molar refractivity (Wildman–Crippen MR) is 109 cm³/mol. The van der Waals surface area contributed by atoms with Gasteiger partial charge in [-0.3, -0.25) is 9.59 Å². The summed E-state index contributed by atoms with van der Waals surface area (Å²) in [6.07, 6.45) is 0. The van der Waals surface area contributed by atoms with E-state index in [4.69, 9.17) is 0 Å². The van der Waals surface area contributed by atoms with Crippen LogP contribution >= 0.6 is 0 Å². The maximum Gasteiger partial charge on any atom is 0.284 e. The quantitative estimate of drug-likeness (QED) is 0.395. The first-order chi connectivity index (χ1) is 14.0. The van der Waals surface area contributed by atoms with Crippen LogP contribution in [-0.4, -0.2) is 22.0 Å². The number of aromatic hydroxyl groups is 2. The smallest absolute Gasteiger partial charge is 0.284 e. The molecular weight excluding hydrogens is 370 g/mol. The number of para-hydroxylation sites is 1. The van der Waals surface area contributed by atoms with Gasteiger partial charge in [-0.1, -0.05) is 18.2 Å². The van der Waals surface area contributed by atoms with Crippen LogP contribution in [-0.2, 0) is 9.59 Å². The number of nitrogens with one attached hydrogen (secondary N) is 2. The van der Waals surface area contributed by atoms with Gasteiger partial charge in [0.25, 0.3) is 11.8 Å². The second-order valence-corrected chi connectivity index (χ2v) is 6.38. The third-order valence-corrected chi connectivity index (χ3v) is 4.37. The molecule has 0 aromatic heterocycles. The van der Waals surface area contributed by atoms with Gasteiger partial charge < -0.3 is 20.8 Å². The van der Waals surface area contributed by atoms with Crippen molar-refractivity contribution in [3.63, 3.8) is 0 Å². The molecule has 0 saturated carbocycles. The molecule has 0 spiro atoms. The Morgan fingerprint density at radius 1 is 0.586 bits per heavy atom. The Balaban J connectivity index is 1.73. The summed E-state index contributed by atoms with van der Waals surface area (Å²) >= 11 is 0. The van der Waals surface area contributed by atoms with E-state index in [2.05, 4.69) is 10.6 Å². The molecule has 144 valence electrons. The number of hydrogen-bond donors (Lipinski definition) is 4. The Bertz CT molecular complexity index is 1020. The number of phenolic OH excluding ortho intramolecular Hbond substituents is 2. The van der Waals surface area contributed by atoms with Gasteiger partial charge in [0.2, 0.25) is 0 Å². The molecule has 7 heteroatoms. The number of rotatable bonds is 5. The highest BCUT2D eigenvalue weighted by atomic mass is 16.3. The van der Waals surface area contributed by atoms with Gasteiger partial charge in [0.15, 0.2) is 0 Å². The highest BCUT2D eigenvalue weighted by molar-refractivity contribution is 6.34. The standard InChI is InChI=1S/C22H17N3O4/c26-17-10-6-14(7-11-17)23-19-20(24-15-8-12-18(27)13-9-15)22(29)25(21(19)28)16-4-2-1-3-5-16/h1-13,23-24,26-27H. The van der Waals surface area contributed by atoms with Gasteiger partial charge in [-0.15, -0.1) is 0 Å². The summed E-state index contributed by atoms with van der Waals surface area (Å²) in [5, 5.41) is 24.9. The summed E-state index contributed by atoms with van der Waals surface area (Å²) < 4.78 is 0. The lowest BCUT2D eigenvalue weighted by Crippen LogP contribution is -2.33. The van der Waals surface area contributed by atoms with Crippen molar-refractivity contribution in [1.82, 2.24) is 0 Å². The number of carbonyl (C=O) groups is 2. The Kier molecular flexibility index (Phi) is 4.62. The molecule has 3 aromatic rings. The van der Waals surface area contributed by atoms with Crippen LogP contribution < -0.4 is 15.5 Å². The summed E-state index contributed by atoms with van der Waals surface area (Å²) in [4.78, 5) is 27.3. The zero-order chi connectivity index (χ0) is 20.4. The van der Waals surface area contributed by atoms with Gasteiger partial charge in [-0.05, 0) is 60.7 Å². The van der Waals surface area contributed by atoms with Gasteiger partial charge in [0.05, 0.1) is 5.69 Å². The summed E-state index contributed by atoms with van der Waals surface area (Å²) in [6.45, 7) is 0. The van der Waals surface area contributed by atoms with Crippen molar-refractivity contribution in [2.75, 3.05) is 15.5 Å². The van der Waals surface area contributed by atoms with Crippen LogP contribution in [0.25, 0.3) is 0 Å². The normalized spacial score (nSPS) is 13.7. The van der Waals surface area contributed by atoms with Gasteiger partial charge in [-0.25, -0.2) is 4.90 Å². The monoisotopic (exact) mass is 387 g/mol. The molecule has 4 rings (SSSR count). The molecule has 1 heterocycles. The number of carbonyl (C=O) groups excluding carboxylic acids is 2. The molecule has 1 aliphatic heterocycles. The van der Waals surface area contributed by atoms with Crippen LogP contribution in [0.5, 0.6) is 11.5 Å². The first-order valence-electron chi connectivity index (χ1n) is 8.83. The number of nitrogens with zero attached hydrogens (tertiary/aromatic N) is 1. The Labute approximate surface area is 166 Å². The van der Waals surface area contributed by atoms with E-state index in [-0.39, 0.29) is 22.9 Å². The van der Waals surface area contributed by atoms with Crippen molar-refractivity contribution >= 4 is 28.9 Å². The van der Waals surface area contributed by atoms with Crippen LogP contribution in [0.3, 0.4) is 0 Å².